The molecule has 1 aromatic rings. The molecule has 0 atom stereocenters. The van der Waals surface area contributed by atoms with E-state index in [0.29, 0.717) is 5.75 Å². The SMILES string of the molecule is CC(=O)Oc1ccc(CCNCCC(C)C)cc1. The number of nitrogens with one attached hydrogen (secondary N) is 1. The van der Waals surface area contributed by atoms with Gasteiger partial charge in [0.15, 0.2) is 0 Å². The van der Waals surface area contributed by atoms with E-state index in [1.165, 1.54) is 18.9 Å². The molecule has 0 amide bonds. The standard InChI is InChI=1S/C15H23NO2/c1-12(2)8-10-16-11-9-14-4-6-15(7-5-14)18-13(3)17/h4-7,12,16H,8-11H2,1-3H3. The van der Waals surface area contributed by atoms with Gasteiger partial charge in [0.25, 0.3) is 0 Å². The van der Waals surface area contributed by atoms with Gasteiger partial charge in [0.1, 0.15) is 5.75 Å². The van der Waals surface area contributed by atoms with Gasteiger partial charge in [0.05, 0.1) is 0 Å². The highest BCUT2D eigenvalue weighted by Crippen LogP contribution is 2.12. The quantitative estimate of drug-likeness (QED) is 0.459. The van der Waals surface area contributed by atoms with Crippen molar-refractivity contribution in [1.82, 2.24) is 5.32 Å². The van der Waals surface area contributed by atoms with Gasteiger partial charge in [-0.15, -0.1) is 0 Å². The fourth-order valence-electron chi connectivity index (χ4n) is 1.64. The molecule has 0 saturated heterocycles. The zero-order valence-electron chi connectivity index (χ0n) is 11.5. The Hall–Kier alpha value is -1.35. The van der Waals surface area contributed by atoms with Crippen LogP contribution in [0.5, 0.6) is 5.75 Å². The molecule has 0 aliphatic heterocycles. The Labute approximate surface area is 110 Å². The first kappa shape index (κ1) is 14.7. The summed E-state index contributed by atoms with van der Waals surface area (Å²) in [6.07, 6.45) is 2.21. The molecule has 1 aromatic carbocycles. The van der Waals surface area contributed by atoms with Gasteiger partial charge in [0.2, 0.25) is 0 Å². The molecule has 0 spiro atoms. The van der Waals surface area contributed by atoms with Gasteiger partial charge in [-0.25, -0.2) is 0 Å². The van der Waals surface area contributed by atoms with Gasteiger partial charge in [-0.1, -0.05) is 26.0 Å². The molecule has 18 heavy (non-hydrogen) atoms. The van der Waals surface area contributed by atoms with Gasteiger partial charge in [0, 0.05) is 6.92 Å². The van der Waals surface area contributed by atoms with Crippen molar-refractivity contribution >= 4 is 5.97 Å². The Morgan fingerprint density at radius 3 is 2.44 bits per heavy atom. The van der Waals surface area contributed by atoms with Gasteiger partial charge in [-0.2, -0.15) is 0 Å². The summed E-state index contributed by atoms with van der Waals surface area (Å²) >= 11 is 0. The number of esters is 1. The van der Waals surface area contributed by atoms with Gasteiger partial charge in [-0.05, 0) is 49.5 Å². The van der Waals surface area contributed by atoms with E-state index in [1.54, 1.807) is 0 Å². The minimum absolute atomic E-state index is 0.280. The Balaban J connectivity index is 2.24. The molecule has 0 aliphatic carbocycles. The van der Waals surface area contributed by atoms with Crippen LogP contribution in [0.1, 0.15) is 32.8 Å². The molecule has 0 radical (unpaired) electrons. The smallest absolute Gasteiger partial charge is 0.308 e. The van der Waals surface area contributed by atoms with Crippen molar-refractivity contribution in [2.75, 3.05) is 13.1 Å². The number of benzene rings is 1. The van der Waals surface area contributed by atoms with E-state index in [0.717, 1.165) is 25.4 Å². The lowest BCUT2D eigenvalue weighted by atomic mass is 10.1. The first-order chi connectivity index (χ1) is 8.58. The van der Waals surface area contributed by atoms with Crippen molar-refractivity contribution in [2.45, 2.75) is 33.6 Å². The number of hydrogen-bond donors (Lipinski definition) is 1. The van der Waals surface area contributed by atoms with E-state index >= 15 is 0 Å². The number of rotatable bonds is 7. The average Bonchev–Trinajstić information content (AvgIpc) is 2.30. The van der Waals surface area contributed by atoms with Crippen LogP contribution in [0.15, 0.2) is 24.3 Å². The monoisotopic (exact) mass is 249 g/mol. The highest BCUT2D eigenvalue weighted by Gasteiger charge is 1.99. The van der Waals surface area contributed by atoms with Crippen molar-refractivity contribution < 1.29 is 9.53 Å². The van der Waals surface area contributed by atoms with Crippen molar-refractivity contribution in [2.24, 2.45) is 5.92 Å². The summed E-state index contributed by atoms with van der Waals surface area (Å²) in [7, 11) is 0. The van der Waals surface area contributed by atoms with Crippen LogP contribution < -0.4 is 10.1 Å². The van der Waals surface area contributed by atoms with Gasteiger partial charge >= 0.3 is 5.97 Å². The molecule has 100 valence electrons. The van der Waals surface area contributed by atoms with Crippen LogP contribution in [0.3, 0.4) is 0 Å². The first-order valence-corrected chi connectivity index (χ1v) is 6.56. The molecule has 3 heteroatoms. The van der Waals surface area contributed by atoms with Crippen LogP contribution in [-0.4, -0.2) is 19.1 Å². The summed E-state index contributed by atoms with van der Waals surface area (Å²) < 4.78 is 4.98. The van der Waals surface area contributed by atoms with Crippen LogP contribution in [-0.2, 0) is 11.2 Å². The fourth-order valence-corrected chi connectivity index (χ4v) is 1.64. The Morgan fingerprint density at radius 2 is 1.89 bits per heavy atom. The molecular formula is C15H23NO2. The Kier molecular flexibility index (Phi) is 6.44. The predicted molar refractivity (Wildman–Crippen MR) is 73.8 cm³/mol. The van der Waals surface area contributed by atoms with E-state index < -0.39 is 0 Å². The van der Waals surface area contributed by atoms with Crippen LogP contribution in [0.4, 0.5) is 0 Å². The Bertz CT molecular complexity index is 357. The minimum atomic E-state index is -0.280. The lowest BCUT2D eigenvalue weighted by Crippen LogP contribution is -2.19. The lowest BCUT2D eigenvalue weighted by molar-refractivity contribution is -0.131. The molecule has 0 heterocycles. The molecule has 3 nitrogen and oxygen atoms in total. The largest absolute Gasteiger partial charge is 0.427 e. The normalized spacial score (nSPS) is 10.7. The highest BCUT2D eigenvalue weighted by molar-refractivity contribution is 5.69. The molecule has 0 aromatic heterocycles. The fraction of sp³-hybridized carbons (Fsp3) is 0.533. The lowest BCUT2D eigenvalue weighted by Gasteiger charge is -2.07. The van der Waals surface area contributed by atoms with E-state index in [4.69, 9.17) is 4.74 Å². The van der Waals surface area contributed by atoms with E-state index in [-0.39, 0.29) is 5.97 Å². The molecule has 0 saturated carbocycles. The van der Waals surface area contributed by atoms with E-state index in [2.05, 4.69) is 19.2 Å². The summed E-state index contributed by atoms with van der Waals surface area (Å²) in [5.74, 6) is 1.08. The number of ether oxygens (including phenoxy) is 1. The molecular weight excluding hydrogens is 226 g/mol. The third-order valence-corrected chi connectivity index (χ3v) is 2.67. The maximum absolute atomic E-state index is 10.8. The number of hydrogen-bond acceptors (Lipinski definition) is 3. The Morgan fingerprint density at radius 1 is 1.22 bits per heavy atom. The molecule has 0 bridgehead atoms. The summed E-state index contributed by atoms with van der Waals surface area (Å²) in [6, 6.07) is 7.68. The topological polar surface area (TPSA) is 38.3 Å². The van der Waals surface area contributed by atoms with Gasteiger partial charge < -0.3 is 10.1 Å². The predicted octanol–water partition coefficient (Wildman–Crippen LogP) is 2.79. The third kappa shape index (κ3) is 6.40. The zero-order chi connectivity index (χ0) is 13.4. The summed E-state index contributed by atoms with van der Waals surface area (Å²) in [5.41, 5.74) is 1.25. The van der Waals surface area contributed by atoms with Crippen LogP contribution in [0, 0.1) is 5.92 Å². The summed E-state index contributed by atoms with van der Waals surface area (Å²) in [5, 5.41) is 3.43. The van der Waals surface area contributed by atoms with Crippen molar-refractivity contribution in [3.05, 3.63) is 29.8 Å². The number of carbonyl (C=O) groups excluding carboxylic acids is 1. The maximum Gasteiger partial charge on any atom is 0.308 e. The second-order valence-electron chi connectivity index (χ2n) is 4.92. The second kappa shape index (κ2) is 7.88. The van der Waals surface area contributed by atoms with Crippen molar-refractivity contribution in [1.29, 1.82) is 0 Å². The minimum Gasteiger partial charge on any atom is -0.427 e. The van der Waals surface area contributed by atoms with Crippen LogP contribution in [0.25, 0.3) is 0 Å². The van der Waals surface area contributed by atoms with E-state index in [1.807, 2.05) is 24.3 Å². The summed E-state index contributed by atoms with van der Waals surface area (Å²) in [6.45, 7) is 7.93. The highest BCUT2D eigenvalue weighted by atomic mass is 16.5. The van der Waals surface area contributed by atoms with Crippen molar-refractivity contribution in [3.63, 3.8) is 0 Å². The zero-order valence-corrected chi connectivity index (χ0v) is 11.5. The molecule has 1 N–H and O–H groups in total. The number of carbonyl (C=O) groups is 1. The van der Waals surface area contributed by atoms with Gasteiger partial charge in [-0.3, -0.25) is 4.79 Å². The van der Waals surface area contributed by atoms with E-state index in [9.17, 15) is 4.79 Å². The van der Waals surface area contributed by atoms with Crippen LogP contribution in [0.2, 0.25) is 0 Å². The second-order valence-corrected chi connectivity index (χ2v) is 4.92. The third-order valence-electron chi connectivity index (χ3n) is 2.67. The van der Waals surface area contributed by atoms with Crippen LogP contribution >= 0.6 is 0 Å². The molecule has 0 fully saturated rings. The molecule has 0 aliphatic rings. The summed E-state index contributed by atoms with van der Waals surface area (Å²) in [4.78, 5) is 10.8. The first-order valence-electron chi connectivity index (χ1n) is 6.56. The maximum atomic E-state index is 10.8. The van der Waals surface area contributed by atoms with Crippen molar-refractivity contribution in [3.8, 4) is 5.75 Å². The molecule has 1 rings (SSSR count). The average molecular weight is 249 g/mol. The molecule has 0 unspecified atom stereocenters.